The molecule has 0 bridgehead atoms. The number of aromatic nitrogens is 3. The molecule has 0 aromatic carbocycles. The molecule has 0 atom stereocenters. The van der Waals surface area contributed by atoms with E-state index in [0.29, 0.717) is 42.8 Å². The van der Waals surface area contributed by atoms with Crippen LogP contribution in [0.15, 0.2) is 27.5 Å². The molecule has 0 N–H and O–H groups in total. The lowest BCUT2D eigenvalue weighted by molar-refractivity contribution is -0.133. The highest BCUT2D eigenvalue weighted by molar-refractivity contribution is 5.76. The Morgan fingerprint density at radius 2 is 1.93 bits per heavy atom. The first kappa shape index (κ1) is 19.3. The van der Waals surface area contributed by atoms with Crippen LogP contribution in [0.1, 0.15) is 26.7 Å². The number of hydrogen-bond acceptors (Lipinski definition) is 6. The van der Waals surface area contributed by atoms with Gasteiger partial charge in [-0.3, -0.25) is 14.5 Å². The fraction of sp³-hybridized carbons (Fsp3) is 0.579. The summed E-state index contributed by atoms with van der Waals surface area (Å²) in [5.41, 5.74) is 0.414. The molecule has 8 nitrogen and oxygen atoms in total. The second-order valence-electron chi connectivity index (χ2n) is 7.31. The Kier molecular flexibility index (Phi) is 6.05. The van der Waals surface area contributed by atoms with Crippen molar-refractivity contribution in [2.75, 3.05) is 32.7 Å². The quantitative estimate of drug-likeness (QED) is 0.758. The van der Waals surface area contributed by atoms with Crippen LogP contribution < -0.4 is 5.56 Å². The molecule has 0 spiro atoms. The second-order valence-corrected chi connectivity index (χ2v) is 7.31. The average Bonchev–Trinajstić information content (AvgIpc) is 3.13. The van der Waals surface area contributed by atoms with Gasteiger partial charge in [0.1, 0.15) is 6.54 Å². The fourth-order valence-electron chi connectivity index (χ4n) is 3.24. The van der Waals surface area contributed by atoms with Crippen LogP contribution in [0.4, 0.5) is 0 Å². The highest BCUT2D eigenvalue weighted by Crippen LogP contribution is 2.16. The summed E-state index contributed by atoms with van der Waals surface area (Å²) in [6, 6.07) is 3.07. The topological polar surface area (TPSA) is 84.5 Å². The number of rotatable bonds is 6. The molecule has 27 heavy (non-hydrogen) atoms. The molecule has 0 saturated carbocycles. The SMILES string of the molecule is CCc1nnc(-c2ccc(=O)n(CC(=O)N3CCN(CC(C)C)CC3)c2)o1. The van der Waals surface area contributed by atoms with Crippen molar-refractivity contribution >= 4 is 5.91 Å². The Bertz CT molecular complexity index is 834. The summed E-state index contributed by atoms with van der Waals surface area (Å²) in [4.78, 5) is 29.0. The lowest BCUT2D eigenvalue weighted by Crippen LogP contribution is -2.50. The zero-order valence-electron chi connectivity index (χ0n) is 16.2. The minimum absolute atomic E-state index is 0.0195. The van der Waals surface area contributed by atoms with Crippen LogP contribution in [0.5, 0.6) is 0 Å². The van der Waals surface area contributed by atoms with E-state index in [2.05, 4.69) is 28.9 Å². The molecule has 3 rings (SSSR count). The van der Waals surface area contributed by atoms with E-state index in [1.807, 2.05) is 11.8 Å². The number of amides is 1. The van der Waals surface area contributed by atoms with Crippen molar-refractivity contribution in [3.05, 3.63) is 34.6 Å². The number of carbonyl (C=O) groups excluding carboxylic acids is 1. The van der Waals surface area contributed by atoms with E-state index in [4.69, 9.17) is 4.42 Å². The largest absolute Gasteiger partial charge is 0.421 e. The van der Waals surface area contributed by atoms with Gasteiger partial charge >= 0.3 is 0 Å². The van der Waals surface area contributed by atoms with Gasteiger partial charge in [-0.25, -0.2) is 0 Å². The van der Waals surface area contributed by atoms with Crippen LogP contribution in [-0.2, 0) is 17.8 Å². The van der Waals surface area contributed by atoms with Crippen LogP contribution in [0.3, 0.4) is 0 Å². The summed E-state index contributed by atoms with van der Waals surface area (Å²) in [7, 11) is 0. The molecule has 1 fully saturated rings. The van der Waals surface area contributed by atoms with Crippen molar-refractivity contribution in [2.24, 2.45) is 5.92 Å². The van der Waals surface area contributed by atoms with Gasteiger partial charge in [0.05, 0.1) is 5.56 Å². The van der Waals surface area contributed by atoms with Gasteiger partial charge in [0.15, 0.2) is 0 Å². The molecule has 146 valence electrons. The Labute approximate surface area is 158 Å². The van der Waals surface area contributed by atoms with Crippen molar-refractivity contribution in [1.29, 1.82) is 0 Å². The van der Waals surface area contributed by atoms with Gasteiger partial charge in [-0.1, -0.05) is 20.8 Å². The van der Waals surface area contributed by atoms with E-state index in [9.17, 15) is 9.59 Å². The first-order chi connectivity index (χ1) is 13.0. The van der Waals surface area contributed by atoms with E-state index in [0.717, 1.165) is 19.6 Å². The van der Waals surface area contributed by atoms with Crippen LogP contribution in [0, 0.1) is 5.92 Å². The molecule has 2 aromatic heterocycles. The maximum atomic E-state index is 12.6. The van der Waals surface area contributed by atoms with Gasteiger partial charge in [0, 0.05) is 51.4 Å². The molecule has 2 aromatic rings. The van der Waals surface area contributed by atoms with Gasteiger partial charge < -0.3 is 13.9 Å². The highest BCUT2D eigenvalue weighted by Gasteiger charge is 2.22. The van der Waals surface area contributed by atoms with Crippen molar-refractivity contribution in [2.45, 2.75) is 33.7 Å². The van der Waals surface area contributed by atoms with Gasteiger partial charge in [0.2, 0.25) is 17.7 Å². The molecule has 1 aliphatic heterocycles. The van der Waals surface area contributed by atoms with Crippen molar-refractivity contribution in [3.8, 4) is 11.5 Å². The van der Waals surface area contributed by atoms with Crippen LogP contribution >= 0.6 is 0 Å². The third-order valence-electron chi connectivity index (χ3n) is 4.65. The summed E-state index contributed by atoms with van der Waals surface area (Å²) >= 11 is 0. The van der Waals surface area contributed by atoms with Crippen molar-refractivity contribution in [3.63, 3.8) is 0 Å². The zero-order valence-corrected chi connectivity index (χ0v) is 16.2. The molecule has 1 saturated heterocycles. The summed E-state index contributed by atoms with van der Waals surface area (Å²) in [5.74, 6) is 1.47. The molecule has 3 heterocycles. The van der Waals surface area contributed by atoms with E-state index in [1.54, 1.807) is 12.3 Å². The van der Waals surface area contributed by atoms with Gasteiger partial charge in [-0.2, -0.15) is 0 Å². The second kappa shape index (κ2) is 8.47. The maximum absolute atomic E-state index is 12.6. The normalized spacial score (nSPS) is 15.5. The predicted molar refractivity (Wildman–Crippen MR) is 101 cm³/mol. The fourth-order valence-corrected chi connectivity index (χ4v) is 3.24. The first-order valence-corrected chi connectivity index (χ1v) is 9.49. The Balaban J connectivity index is 1.66. The smallest absolute Gasteiger partial charge is 0.251 e. The third kappa shape index (κ3) is 4.82. The van der Waals surface area contributed by atoms with Crippen molar-refractivity contribution in [1.82, 2.24) is 24.6 Å². The predicted octanol–water partition coefficient (Wildman–Crippen LogP) is 1.26. The lowest BCUT2D eigenvalue weighted by Gasteiger charge is -2.35. The third-order valence-corrected chi connectivity index (χ3v) is 4.65. The monoisotopic (exact) mass is 373 g/mol. The summed E-state index contributed by atoms with van der Waals surface area (Å²) < 4.78 is 6.95. The number of carbonyl (C=O) groups is 1. The number of nitrogens with zero attached hydrogens (tertiary/aromatic N) is 5. The molecule has 0 aliphatic carbocycles. The molecular weight excluding hydrogens is 346 g/mol. The van der Waals surface area contributed by atoms with E-state index >= 15 is 0 Å². The Hall–Kier alpha value is -2.48. The van der Waals surface area contributed by atoms with Gasteiger partial charge in [0.25, 0.3) is 5.56 Å². The minimum atomic E-state index is -0.222. The summed E-state index contributed by atoms with van der Waals surface area (Å²) in [5, 5.41) is 7.94. The maximum Gasteiger partial charge on any atom is 0.251 e. The molecule has 0 radical (unpaired) electrons. The highest BCUT2D eigenvalue weighted by atomic mass is 16.4. The summed E-state index contributed by atoms with van der Waals surface area (Å²) in [6.07, 6.45) is 2.26. The number of hydrogen-bond donors (Lipinski definition) is 0. The lowest BCUT2D eigenvalue weighted by atomic mass is 10.2. The summed E-state index contributed by atoms with van der Waals surface area (Å²) in [6.45, 7) is 10.5. The number of aryl methyl sites for hydroxylation is 1. The molecule has 1 amide bonds. The average molecular weight is 373 g/mol. The Morgan fingerprint density at radius 3 is 2.56 bits per heavy atom. The molecular formula is C19H27N5O3. The van der Waals surface area contributed by atoms with Crippen LogP contribution in [0.2, 0.25) is 0 Å². The van der Waals surface area contributed by atoms with Crippen LogP contribution in [-0.4, -0.2) is 63.2 Å². The zero-order chi connectivity index (χ0) is 19.4. The number of piperazine rings is 1. The van der Waals surface area contributed by atoms with Gasteiger partial charge in [-0.15, -0.1) is 10.2 Å². The minimum Gasteiger partial charge on any atom is -0.421 e. The van der Waals surface area contributed by atoms with Crippen LogP contribution in [0.25, 0.3) is 11.5 Å². The van der Waals surface area contributed by atoms with E-state index in [-0.39, 0.29) is 18.0 Å². The van der Waals surface area contributed by atoms with E-state index < -0.39 is 0 Å². The van der Waals surface area contributed by atoms with Gasteiger partial charge in [-0.05, 0) is 12.0 Å². The first-order valence-electron chi connectivity index (χ1n) is 9.49. The molecule has 1 aliphatic rings. The molecule has 8 heteroatoms. The standard InChI is InChI=1S/C19H27N5O3/c1-4-16-20-21-19(27-16)15-5-6-17(25)24(12-15)13-18(26)23-9-7-22(8-10-23)11-14(2)3/h5-6,12,14H,4,7-11,13H2,1-3H3. The van der Waals surface area contributed by atoms with E-state index in [1.165, 1.54) is 10.6 Å². The number of pyridine rings is 1. The molecule has 0 unspecified atom stereocenters. The Morgan fingerprint density at radius 1 is 1.19 bits per heavy atom. The van der Waals surface area contributed by atoms with Crippen molar-refractivity contribution < 1.29 is 9.21 Å².